The molecule has 0 aromatic carbocycles. The number of rotatable bonds is 60. The van der Waals surface area contributed by atoms with Crippen LogP contribution in [0.4, 0.5) is 5.69 Å². The number of aliphatic hydroxyl groups is 8. The van der Waals surface area contributed by atoms with Gasteiger partial charge < -0.3 is 154 Å². The Kier molecular flexibility index (Phi) is 45.7. The predicted molar refractivity (Wildman–Crippen MR) is 409 cm³/mol. The molecular formula is C76H122N10O32. The molecule has 0 bridgehead atoms. The molecule has 42 nitrogen and oxygen atoms in total. The van der Waals surface area contributed by atoms with Crippen LogP contribution in [0.15, 0.2) is 53.5 Å². The number of furan rings is 1. The fourth-order valence-electron chi connectivity index (χ4n) is 12.2. The van der Waals surface area contributed by atoms with E-state index >= 15 is 0 Å². The molecule has 7 amide bonds. The maximum Gasteiger partial charge on any atom is 0.270 e. The molecule has 15 N–H and O–H groups in total. The van der Waals surface area contributed by atoms with Crippen molar-refractivity contribution in [2.24, 2.45) is 17.3 Å². The number of aromatic nitrogens is 3. The molecule has 3 aromatic rings. The second-order valence-electron chi connectivity index (χ2n) is 28.8. The molecule has 2 unspecified atom stereocenters. The summed E-state index contributed by atoms with van der Waals surface area (Å²) in [4.78, 5) is 109. The number of ketones is 1. The Bertz CT molecular complexity index is 3320. The van der Waals surface area contributed by atoms with E-state index in [-0.39, 0.29) is 213 Å². The van der Waals surface area contributed by atoms with Crippen molar-refractivity contribution in [3.8, 4) is 0 Å². The third-order valence-electron chi connectivity index (χ3n) is 19.1. The van der Waals surface area contributed by atoms with Gasteiger partial charge in [-0.05, 0) is 44.5 Å². The van der Waals surface area contributed by atoms with Gasteiger partial charge in [-0.25, -0.2) is 0 Å². The van der Waals surface area contributed by atoms with E-state index in [4.69, 9.17) is 75.5 Å². The normalized spacial score (nSPS) is 23.8. The lowest BCUT2D eigenvalue weighted by Crippen LogP contribution is -2.64. The molecule has 0 saturated carbocycles. The van der Waals surface area contributed by atoms with Crippen LogP contribution >= 0.6 is 0 Å². The molecule has 3 saturated heterocycles. The first-order valence-corrected chi connectivity index (χ1v) is 39.5. The Morgan fingerprint density at radius 1 is 0.517 bits per heavy atom. The highest BCUT2D eigenvalue weighted by Crippen LogP contribution is 2.31. The van der Waals surface area contributed by atoms with E-state index in [0.29, 0.717) is 12.2 Å². The Hall–Kier alpha value is -7.32. The van der Waals surface area contributed by atoms with Crippen LogP contribution in [-0.2, 0) is 112 Å². The first kappa shape index (κ1) is 99.5. The highest BCUT2D eigenvalue weighted by molar-refractivity contribution is 6.04. The molecule has 0 radical (unpaired) electrons. The summed E-state index contributed by atoms with van der Waals surface area (Å²) in [5.74, 6) is -4.49. The lowest BCUT2D eigenvalue weighted by atomic mass is 9.85. The second kappa shape index (κ2) is 54.1. The third-order valence-corrected chi connectivity index (χ3v) is 19.1. The van der Waals surface area contributed by atoms with Gasteiger partial charge in [0.1, 0.15) is 59.7 Å². The van der Waals surface area contributed by atoms with Crippen molar-refractivity contribution in [3.63, 3.8) is 0 Å². The van der Waals surface area contributed by atoms with Gasteiger partial charge in [-0.15, -0.1) is 0 Å². The number of aliphatic hydroxyl groups excluding tert-OH is 8. The molecule has 0 spiro atoms. The Morgan fingerprint density at radius 3 is 1.43 bits per heavy atom. The van der Waals surface area contributed by atoms with Crippen molar-refractivity contribution in [3.05, 3.63) is 66.1 Å². The number of amides is 7. The standard InChI is InChI=1S/C76H122N10O32/c1-7-56-65(96)63(94)48(2)71(116-56)113-34-31-106-28-25-103-22-15-77-59(91)12-19-109-45-76(46-110-20-13-60(92)78-16-23-104-26-29-107-32-35-114-72-49(3)64(95)66(97)57(43-87)117-72,47-111-21-14-61(93)79-17-24-105-27-30-108-33-36-115-73-62(84-50(4)89)68(99)67(98)58(44-88)118-73)37-53(90)40-81-70(101)55-11-10-51(38-80-55)69(100)85-52-39-83-86(42-52)75(5,6)74(102)82-41-54-9-8-18-112-54/h8-11,18,38-39,42,48-49,56-58,62-68,71-73,87-88,94-99H,7,12-17,19-37,40-41,43-47H2,1-6H3,(H,77,91)(H,78,92)(H,79,93)(H,81,101)(H,82,102)(H,84,89)(H,85,100)/t48-,49-,56-,57-,58-,62-,63-,64-,65+,66+,67+,68-,71-,72?,73-,76?/m1/s1. The van der Waals surface area contributed by atoms with Crippen molar-refractivity contribution in [1.82, 2.24) is 46.7 Å². The van der Waals surface area contributed by atoms with Gasteiger partial charge in [0.05, 0.1) is 207 Å². The van der Waals surface area contributed by atoms with Gasteiger partial charge in [-0.1, -0.05) is 20.8 Å². The maximum absolute atomic E-state index is 14.2. The van der Waals surface area contributed by atoms with E-state index in [1.165, 1.54) is 42.4 Å². The molecule has 668 valence electrons. The quantitative estimate of drug-likeness (QED) is 0.0240. The number of ether oxygens (including phenoxy) is 15. The largest absolute Gasteiger partial charge is 0.467 e. The third kappa shape index (κ3) is 34.7. The minimum Gasteiger partial charge on any atom is -0.467 e. The lowest BCUT2D eigenvalue weighted by Gasteiger charge is -2.42. The number of carbonyl (C=O) groups is 8. The van der Waals surface area contributed by atoms with Crippen molar-refractivity contribution in [1.29, 1.82) is 0 Å². The molecular weight excluding hydrogens is 1560 g/mol. The van der Waals surface area contributed by atoms with Gasteiger partial charge in [0.15, 0.2) is 24.7 Å². The van der Waals surface area contributed by atoms with E-state index in [1.807, 2.05) is 6.92 Å². The molecule has 6 rings (SSSR count). The second-order valence-corrected chi connectivity index (χ2v) is 28.8. The van der Waals surface area contributed by atoms with E-state index in [2.05, 4.69) is 47.3 Å². The van der Waals surface area contributed by atoms with Crippen LogP contribution in [0.25, 0.3) is 0 Å². The number of carbonyl (C=O) groups excluding carboxylic acids is 8. The van der Waals surface area contributed by atoms with E-state index in [1.54, 1.807) is 39.8 Å². The Labute approximate surface area is 684 Å². The van der Waals surface area contributed by atoms with Crippen LogP contribution in [0.3, 0.4) is 0 Å². The van der Waals surface area contributed by atoms with Crippen molar-refractivity contribution < 1.29 is 155 Å². The van der Waals surface area contributed by atoms with Gasteiger partial charge in [-0.2, -0.15) is 5.10 Å². The molecule has 0 aliphatic carbocycles. The fourth-order valence-corrected chi connectivity index (χ4v) is 12.2. The zero-order chi connectivity index (χ0) is 85.8. The molecule has 118 heavy (non-hydrogen) atoms. The summed E-state index contributed by atoms with van der Waals surface area (Å²) < 4.78 is 92.5. The SMILES string of the molecule is CC[C@H]1O[C@@H](OCCOCCOCCNC(=O)CCOCC(COCCC(=O)NCCOCCOCCOC2O[C@H](CO)[C@H](O)[C@H](O)[C@H]2C)(COCCC(=O)NCCOCCOCCO[C@@H]2O[C@H](CO)[C@H](O)[C@H](O)[C@H]2NC(C)=O)CC(=O)CNC(=O)c2ccc(C(=O)Nc3cnn(C(C)(C)C(=O)NCc4ccco4)c3)cn2)[C@H](C)[C@@H](O)[C@H]1O. The van der Waals surface area contributed by atoms with Crippen LogP contribution in [0.1, 0.15) is 100 Å². The first-order chi connectivity index (χ1) is 56.7. The summed E-state index contributed by atoms with van der Waals surface area (Å²) in [5.41, 5.74) is -2.39. The zero-order valence-electron chi connectivity index (χ0n) is 67.8. The molecule has 42 heteroatoms. The smallest absolute Gasteiger partial charge is 0.270 e. The average molecular weight is 1690 g/mol. The Balaban J connectivity index is 1.01. The van der Waals surface area contributed by atoms with Gasteiger partial charge in [0.25, 0.3) is 11.8 Å². The van der Waals surface area contributed by atoms with E-state index in [0.717, 1.165) is 6.20 Å². The van der Waals surface area contributed by atoms with Crippen LogP contribution in [-0.4, -0.2) is 361 Å². The van der Waals surface area contributed by atoms with Crippen LogP contribution in [0.2, 0.25) is 0 Å². The number of nitrogens with one attached hydrogen (secondary N) is 7. The minimum absolute atomic E-state index is 0.0436. The van der Waals surface area contributed by atoms with Crippen molar-refractivity contribution in [2.45, 2.75) is 166 Å². The molecule has 6 heterocycles. The number of Topliss-reactive ketones (excluding diaryl/α,β-unsaturated/α-hetero) is 1. The predicted octanol–water partition coefficient (Wildman–Crippen LogP) is -3.92. The van der Waals surface area contributed by atoms with E-state index in [9.17, 15) is 79.2 Å². The average Bonchev–Trinajstić information content (AvgIpc) is 1.66. The summed E-state index contributed by atoms with van der Waals surface area (Å²) in [6, 6.07) is 4.94. The maximum atomic E-state index is 14.2. The van der Waals surface area contributed by atoms with Crippen molar-refractivity contribution in [2.75, 3.05) is 183 Å². The summed E-state index contributed by atoms with van der Waals surface area (Å²) in [7, 11) is 0. The highest BCUT2D eigenvalue weighted by Gasteiger charge is 2.47. The molecule has 3 fully saturated rings. The molecule has 3 aromatic heterocycles. The summed E-state index contributed by atoms with van der Waals surface area (Å²) in [6.07, 6.45) is -7.66. The molecule has 3 aliphatic heterocycles. The van der Waals surface area contributed by atoms with Crippen LogP contribution < -0.4 is 37.2 Å². The van der Waals surface area contributed by atoms with Gasteiger partial charge >= 0.3 is 0 Å². The summed E-state index contributed by atoms with van der Waals surface area (Å²) in [6.45, 7) is 9.22. The topological polar surface area (TPSA) is 565 Å². The van der Waals surface area contributed by atoms with E-state index < -0.39 is 164 Å². The number of hydrogen-bond donors (Lipinski definition) is 15. The number of pyridine rings is 1. The molecule has 16 atom stereocenters. The first-order valence-electron chi connectivity index (χ1n) is 39.5. The van der Waals surface area contributed by atoms with Crippen LogP contribution in [0, 0.1) is 17.3 Å². The lowest BCUT2D eigenvalue weighted by molar-refractivity contribution is -0.284. The summed E-state index contributed by atoms with van der Waals surface area (Å²) >= 11 is 0. The number of nitrogens with zero attached hydrogens (tertiary/aromatic N) is 3. The van der Waals surface area contributed by atoms with Gasteiger partial charge in [0.2, 0.25) is 29.5 Å². The van der Waals surface area contributed by atoms with Crippen LogP contribution in [0.5, 0.6) is 0 Å². The summed E-state index contributed by atoms with van der Waals surface area (Å²) in [5, 5.41) is 104. The molecule has 3 aliphatic rings. The van der Waals surface area contributed by atoms with Crippen molar-refractivity contribution >= 4 is 52.8 Å². The van der Waals surface area contributed by atoms with Gasteiger partial charge in [-0.3, -0.25) is 48.0 Å². The minimum atomic E-state index is -1.48. The van der Waals surface area contributed by atoms with Gasteiger partial charge in [0, 0.05) is 81.9 Å². The zero-order valence-corrected chi connectivity index (χ0v) is 67.8. The monoisotopic (exact) mass is 1690 g/mol. The highest BCUT2D eigenvalue weighted by atomic mass is 16.7. The fraction of sp³-hybridized carbons (Fsp3) is 0.737. The Morgan fingerprint density at radius 2 is 0.975 bits per heavy atom. The number of hydrogen-bond acceptors (Lipinski definition) is 34. The number of anilines is 1.